The van der Waals surface area contributed by atoms with E-state index in [1.54, 1.807) is 12.0 Å². The van der Waals surface area contributed by atoms with Gasteiger partial charge in [-0.1, -0.05) is 0 Å². The van der Waals surface area contributed by atoms with Crippen LogP contribution in [0.5, 0.6) is 0 Å². The van der Waals surface area contributed by atoms with Crippen molar-refractivity contribution >= 4 is 23.2 Å². The number of thiophene rings is 1. The normalized spacial score (nSPS) is 10.3. The second kappa shape index (κ2) is 7.91. The zero-order valence-electron chi connectivity index (χ0n) is 11.5. The van der Waals surface area contributed by atoms with Gasteiger partial charge >= 0.3 is 5.97 Å². The average Bonchev–Trinajstić information content (AvgIpc) is 2.84. The van der Waals surface area contributed by atoms with Crippen LogP contribution in [0.1, 0.15) is 21.7 Å². The van der Waals surface area contributed by atoms with Crippen LogP contribution in [0.25, 0.3) is 0 Å². The van der Waals surface area contributed by atoms with Crippen LogP contribution in [-0.2, 0) is 14.3 Å². The maximum atomic E-state index is 12.4. The van der Waals surface area contributed by atoms with Crippen molar-refractivity contribution in [3.63, 3.8) is 0 Å². The topological polar surface area (TPSA) is 55.8 Å². The number of carbonyl (C=O) groups excluding carboxylic acids is 2. The molecule has 0 aliphatic carbocycles. The van der Waals surface area contributed by atoms with Gasteiger partial charge in [-0.3, -0.25) is 9.59 Å². The minimum absolute atomic E-state index is 0.0616. The van der Waals surface area contributed by atoms with Crippen LogP contribution in [0.15, 0.2) is 11.4 Å². The lowest BCUT2D eigenvalue weighted by Crippen LogP contribution is -2.35. The van der Waals surface area contributed by atoms with Gasteiger partial charge in [0.05, 0.1) is 25.0 Å². The maximum absolute atomic E-state index is 12.4. The minimum Gasteiger partial charge on any atom is -0.469 e. The molecule has 1 rings (SSSR count). The summed E-state index contributed by atoms with van der Waals surface area (Å²) in [6, 6.07) is 1.91. The van der Waals surface area contributed by atoms with Crippen molar-refractivity contribution in [2.45, 2.75) is 13.3 Å². The number of nitrogens with zero attached hydrogens (tertiary/aromatic N) is 1. The molecule has 0 unspecified atom stereocenters. The highest BCUT2D eigenvalue weighted by atomic mass is 32.1. The molecule has 0 aromatic carbocycles. The first-order valence-electron chi connectivity index (χ1n) is 5.99. The zero-order valence-corrected chi connectivity index (χ0v) is 12.3. The highest BCUT2D eigenvalue weighted by molar-refractivity contribution is 7.12. The molecule has 1 aromatic rings. The lowest BCUT2D eigenvalue weighted by atomic mass is 10.2. The van der Waals surface area contributed by atoms with Crippen LogP contribution in [0.3, 0.4) is 0 Å². The number of methoxy groups -OCH3 is 2. The number of carbonyl (C=O) groups is 2. The molecule has 0 spiro atoms. The summed E-state index contributed by atoms with van der Waals surface area (Å²) in [4.78, 5) is 25.9. The molecular formula is C13H19NO4S. The largest absolute Gasteiger partial charge is 0.469 e. The molecule has 0 bridgehead atoms. The van der Waals surface area contributed by atoms with Crippen LogP contribution in [0.2, 0.25) is 0 Å². The molecular weight excluding hydrogens is 266 g/mol. The lowest BCUT2D eigenvalue weighted by Gasteiger charge is -2.21. The third-order valence-electron chi connectivity index (χ3n) is 2.72. The van der Waals surface area contributed by atoms with Gasteiger partial charge in [-0.05, 0) is 23.9 Å². The van der Waals surface area contributed by atoms with Crippen LogP contribution >= 0.6 is 11.3 Å². The number of amides is 1. The Morgan fingerprint density at radius 1 is 1.32 bits per heavy atom. The summed E-state index contributed by atoms with van der Waals surface area (Å²) < 4.78 is 9.59. The number of esters is 1. The number of hydrogen-bond donors (Lipinski definition) is 0. The van der Waals surface area contributed by atoms with Gasteiger partial charge in [0.15, 0.2) is 0 Å². The Hall–Kier alpha value is -1.40. The Morgan fingerprint density at radius 2 is 2.05 bits per heavy atom. The Bertz CT molecular complexity index is 430. The van der Waals surface area contributed by atoms with E-state index in [4.69, 9.17) is 4.74 Å². The summed E-state index contributed by atoms with van der Waals surface area (Å²) in [5.74, 6) is -0.383. The van der Waals surface area contributed by atoms with Crippen molar-refractivity contribution in [2.75, 3.05) is 33.9 Å². The van der Waals surface area contributed by atoms with Crippen molar-refractivity contribution < 1.29 is 19.1 Å². The molecule has 1 amide bonds. The molecule has 1 aromatic heterocycles. The van der Waals surface area contributed by atoms with Crippen LogP contribution in [0.4, 0.5) is 0 Å². The first-order chi connectivity index (χ1) is 9.10. The summed E-state index contributed by atoms with van der Waals surface area (Å²) in [5, 5.41) is 1.89. The van der Waals surface area contributed by atoms with Crippen molar-refractivity contribution in [3.8, 4) is 0 Å². The van der Waals surface area contributed by atoms with Gasteiger partial charge in [-0.25, -0.2) is 0 Å². The summed E-state index contributed by atoms with van der Waals surface area (Å²) >= 11 is 1.41. The highest BCUT2D eigenvalue weighted by Crippen LogP contribution is 2.18. The van der Waals surface area contributed by atoms with Crippen molar-refractivity contribution in [1.29, 1.82) is 0 Å². The third-order valence-corrected chi connectivity index (χ3v) is 3.73. The number of hydrogen-bond acceptors (Lipinski definition) is 5. The molecule has 5 nitrogen and oxygen atoms in total. The Balaban J connectivity index is 2.70. The van der Waals surface area contributed by atoms with Crippen LogP contribution < -0.4 is 0 Å². The smallest absolute Gasteiger partial charge is 0.307 e. The average molecular weight is 285 g/mol. The molecule has 0 radical (unpaired) electrons. The Labute approximate surface area is 117 Å². The van der Waals surface area contributed by atoms with E-state index in [9.17, 15) is 9.59 Å². The lowest BCUT2D eigenvalue weighted by molar-refractivity contribution is -0.140. The first kappa shape index (κ1) is 15.7. The molecule has 0 fully saturated rings. The fourth-order valence-corrected chi connectivity index (χ4v) is 2.47. The molecule has 0 saturated heterocycles. The molecule has 0 saturated carbocycles. The van der Waals surface area contributed by atoms with E-state index in [1.807, 2.05) is 18.4 Å². The van der Waals surface area contributed by atoms with E-state index in [0.29, 0.717) is 24.6 Å². The molecule has 0 aliphatic heterocycles. The zero-order chi connectivity index (χ0) is 14.3. The predicted molar refractivity (Wildman–Crippen MR) is 73.5 cm³/mol. The van der Waals surface area contributed by atoms with Gasteiger partial charge in [0, 0.05) is 20.2 Å². The summed E-state index contributed by atoms with van der Waals surface area (Å²) in [7, 11) is 2.92. The molecule has 1 heterocycles. The van der Waals surface area contributed by atoms with Gasteiger partial charge in [0.25, 0.3) is 5.91 Å². The van der Waals surface area contributed by atoms with Crippen molar-refractivity contribution in [2.24, 2.45) is 0 Å². The van der Waals surface area contributed by atoms with E-state index in [2.05, 4.69) is 4.74 Å². The van der Waals surface area contributed by atoms with Gasteiger partial charge in [0.1, 0.15) is 0 Å². The number of aryl methyl sites for hydroxylation is 1. The SMILES string of the molecule is COCCN(CCC(=O)OC)C(=O)c1sccc1C. The summed E-state index contributed by atoms with van der Waals surface area (Å²) in [5.41, 5.74) is 0.954. The van der Waals surface area contributed by atoms with E-state index < -0.39 is 0 Å². The summed E-state index contributed by atoms with van der Waals surface area (Å²) in [6.07, 6.45) is 0.191. The molecule has 0 aliphatic rings. The van der Waals surface area contributed by atoms with Crippen molar-refractivity contribution in [1.82, 2.24) is 4.90 Å². The van der Waals surface area contributed by atoms with Crippen molar-refractivity contribution in [3.05, 3.63) is 21.9 Å². The van der Waals surface area contributed by atoms with E-state index in [0.717, 1.165) is 5.56 Å². The maximum Gasteiger partial charge on any atom is 0.307 e. The fraction of sp³-hybridized carbons (Fsp3) is 0.538. The third kappa shape index (κ3) is 4.65. The molecule has 106 valence electrons. The van der Waals surface area contributed by atoms with Gasteiger partial charge in [0.2, 0.25) is 0 Å². The van der Waals surface area contributed by atoms with E-state index >= 15 is 0 Å². The second-order valence-electron chi connectivity index (χ2n) is 4.04. The Morgan fingerprint density at radius 3 is 2.58 bits per heavy atom. The second-order valence-corrected chi connectivity index (χ2v) is 4.96. The van der Waals surface area contributed by atoms with Gasteiger partial charge in [-0.2, -0.15) is 0 Å². The Kier molecular flexibility index (Phi) is 6.52. The molecule has 19 heavy (non-hydrogen) atoms. The standard InChI is InChI=1S/C13H19NO4S/c1-10-5-9-19-12(10)13(16)14(7-8-17-2)6-4-11(15)18-3/h5,9H,4,6-8H2,1-3H3. The monoisotopic (exact) mass is 285 g/mol. The van der Waals surface area contributed by atoms with E-state index in [-0.39, 0.29) is 18.3 Å². The molecule has 0 atom stereocenters. The first-order valence-corrected chi connectivity index (χ1v) is 6.87. The molecule has 0 N–H and O–H groups in total. The van der Waals surface area contributed by atoms with E-state index in [1.165, 1.54) is 18.4 Å². The van der Waals surface area contributed by atoms with Gasteiger partial charge < -0.3 is 14.4 Å². The fourth-order valence-electron chi connectivity index (χ4n) is 1.58. The quantitative estimate of drug-likeness (QED) is 0.716. The molecule has 6 heteroatoms. The minimum atomic E-state index is -0.321. The van der Waals surface area contributed by atoms with Gasteiger partial charge in [-0.15, -0.1) is 11.3 Å². The summed E-state index contributed by atoms with van der Waals surface area (Å²) in [6.45, 7) is 3.14. The highest BCUT2D eigenvalue weighted by Gasteiger charge is 2.19. The number of ether oxygens (including phenoxy) is 2. The van der Waals surface area contributed by atoms with Crippen LogP contribution in [-0.4, -0.2) is 50.7 Å². The predicted octanol–water partition coefficient (Wildman–Crippen LogP) is 1.71. The van der Waals surface area contributed by atoms with Crippen LogP contribution in [0, 0.1) is 6.92 Å². The number of rotatable bonds is 7.